The smallest absolute Gasteiger partial charge is 0.319 e. The number of nitrogens with one attached hydrogen (secondary N) is 2. The first kappa shape index (κ1) is 23.9. The molecule has 1 atom stereocenters. The highest BCUT2D eigenvalue weighted by molar-refractivity contribution is 7.98. The van der Waals surface area contributed by atoms with Crippen molar-refractivity contribution in [3.05, 3.63) is 87.8 Å². The summed E-state index contributed by atoms with van der Waals surface area (Å²) in [4.78, 5) is 37.9. The van der Waals surface area contributed by atoms with Crippen LogP contribution in [0.25, 0.3) is 0 Å². The molecule has 0 saturated heterocycles. The van der Waals surface area contributed by atoms with E-state index in [0.29, 0.717) is 5.56 Å². The lowest BCUT2D eigenvalue weighted by molar-refractivity contribution is -0.137. The molecule has 0 aliphatic rings. The van der Waals surface area contributed by atoms with Crippen LogP contribution in [-0.2, 0) is 11.3 Å². The molecular formula is C24H25N3O5S. The number of pyridine rings is 1. The first-order valence-corrected chi connectivity index (χ1v) is 11.4. The van der Waals surface area contributed by atoms with Gasteiger partial charge in [-0.1, -0.05) is 42.0 Å². The van der Waals surface area contributed by atoms with Crippen LogP contribution in [0.1, 0.15) is 29.2 Å². The van der Waals surface area contributed by atoms with Crippen LogP contribution in [0.2, 0.25) is 0 Å². The van der Waals surface area contributed by atoms with Crippen LogP contribution in [-0.4, -0.2) is 33.0 Å². The van der Waals surface area contributed by atoms with Crippen LogP contribution in [0, 0.1) is 6.92 Å². The van der Waals surface area contributed by atoms with Crippen molar-refractivity contribution in [2.45, 2.75) is 30.8 Å². The third-order valence-corrected chi connectivity index (χ3v) is 5.76. The molecule has 4 N–H and O–H groups in total. The van der Waals surface area contributed by atoms with E-state index in [1.165, 1.54) is 16.8 Å². The van der Waals surface area contributed by atoms with Crippen molar-refractivity contribution in [2.24, 2.45) is 0 Å². The summed E-state index contributed by atoms with van der Waals surface area (Å²) in [7, 11) is 0. The van der Waals surface area contributed by atoms with Crippen molar-refractivity contribution in [1.82, 2.24) is 9.88 Å². The van der Waals surface area contributed by atoms with Gasteiger partial charge in [-0.15, -0.1) is 11.8 Å². The first-order chi connectivity index (χ1) is 15.8. The maximum atomic E-state index is 12.9. The van der Waals surface area contributed by atoms with Crippen LogP contribution in [0.5, 0.6) is 5.75 Å². The Kier molecular flexibility index (Phi) is 7.78. The third kappa shape index (κ3) is 6.39. The SMILES string of the molecule is CSc1cccc(Cn2ccc(O)c(NC(=O)N[C@@H](CC(=O)O)c3ccc(C)cc3)c2=O)c1. The Morgan fingerprint density at radius 1 is 1.12 bits per heavy atom. The van der Waals surface area contributed by atoms with Gasteiger partial charge in [0.25, 0.3) is 5.56 Å². The van der Waals surface area contributed by atoms with Gasteiger partial charge in [0.15, 0.2) is 5.69 Å². The Labute approximate surface area is 195 Å². The van der Waals surface area contributed by atoms with Crippen molar-refractivity contribution in [1.29, 1.82) is 0 Å². The number of carbonyl (C=O) groups is 2. The molecule has 0 bridgehead atoms. The molecule has 0 spiro atoms. The van der Waals surface area contributed by atoms with Gasteiger partial charge in [-0.05, 0) is 42.5 Å². The molecule has 2 aromatic carbocycles. The van der Waals surface area contributed by atoms with E-state index in [1.807, 2.05) is 49.6 Å². The van der Waals surface area contributed by atoms with Crippen LogP contribution in [0.15, 0.2) is 70.5 Å². The van der Waals surface area contributed by atoms with Gasteiger partial charge in [-0.2, -0.15) is 0 Å². The maximum Gasteiger partial charge on any atom is 0.319 e. The van der Waals surface area contributed by atoms with Crippen LogP contribution < -0.4 is 16.2 Å². The fourth-order valence-corrected chi connectivity index (χ4v) is 3.79. The zero-order valence-corrected chi connectivity index (χ0v) is 19.1. The number of nitrogens with zero attached hydrogens (tertiary/aromatic N) is 1. The summed E-state index contributed by atoms with van der Waals surface area (Å²) in [5.74, 6) is -1.47. The van der Waals surface area contributed by atoms with Crippen molar-refractivity contribution in [3.8, 4) is 5.75 Å². The number of benzene rings is 2. The molecule has 9 heteroatoms. The van der Waals surface area contributed by atoms with Crippen LogP contribution in [0.4, 0.5) is 10.5 Å². The Balaban J connectivity index is 1.80. The minimum Gasteiger partial charge on any atom is -0.505 e. The molecule has 0 unspecified atom stereocenters. The fraction of sp³-hybridized carbons (Fsp3) is 0.208. The van der Waals surface area contributed by atoms with Crippen molar-refractivity contribution < 1.29 is 19.8 Å². The summed E-state index contributed by atoms with van der Waals surface area (Å²) in [6.07, 6.45) is 3.07. The highest BCUT2D eigenvalue weighted by Crippen LogP contribution is 2.21. The minimum atomic E-state index is -1.08. The van der Waals surface area contributed by atoms with E-state index in [-0.39, 0.29) is 24.4 Å². The van der Waals surface area contributed by atoms with Crippen molar-refractivity contribution >= 4 is 29.4 Å². The Morgan fingerprint density at radius 2 is 1.85 bits per heavy atom. The normalized spacial score (nSPS) is 11.6. The van der Waals surface area contributed by atoms with E-state index in [4.69, 9.17) is 0 Å². The van der Waals surface area contributed by atoms with E-state index >= 15 is 0 Å². The molecular weight excluding hydrogens is 442 g/mol. The van der Waals surface area contributed by atoms with E-state index in [1.54, 1.807) is 23.9 Å². The molecule has 0 radical (unpaired) electrons. The number of thioether (sulfide) groups is 1. The molecule has 2 amide bonds. The Bertz CT molecular complexity index is 1210. The quantitative estimate of drug-likeness (QED) is 0.372. The molecule has 33 heavy (non-hydrogen) atoms. The average Bonchev–Trinajstić information content (AvgIpc) is 2.78. The van der Waals surface area contributed by atoms with Crippen LogP contribution in [0.3, 0.4) is 0 Å². The number of hydrogen-bond acceptors (Lipinski definition) is 5. The lowest BCUT2D eigenvalue weighted by Gasteiger charge is -2.18. The first-order valence-electron chi connectivity index (χ1n) is 10.2. The molecule has 172 valence electrons. The lowest BCUT2D eigenvalue weighted by Crippen LogP contribution is -2.36. The van der Waals surface area contributed by atoms with Gasteiger partial charge < -0.3 is 25.4 Å². The van der Waals surface area contributed by atoms with Crippen LogP contribution >= 0.6 is 11.8 Å². The highest BCUT2D eigenvalue weighted by atomic mass is 32.2. The van der Waals surface area contributed by atoms with Gasteiger partial charge in [-0.25, -0.2) is 4.79 Å². The number of urea groups is 1. The van der Waals surface area contributed by atoms with Gasteiger partial charge in [0.1, 0.15) is 5.75 Å². The number of anilines is 1. The summed E-state index contributed by atoms with van der Waals surface area (Å²) in [6, 6.07) is 14.5. The standard InChI is InChI=1S/C24H25N3O5S/c1-15-6-8-17(9-7-15)19(13-21(29)30)25-24(32)26-22-20(28)10-11-27(23(22)31)14-16-4-3-5-18(12-16)33-2/h3-12,19,28H,13-14H2,1-2H3,(H,29,30)(H2,25,26,32)/t19-/m0/s1. The van der Waals surface area contributed by atoms with E-state index in [0.717, 1.165) is 16.0 Å². The number of hydrogen-bond donors (Lipinski definition) is 4. The van der Waals surface area contributed by atoms with Gasteiger partial charge in [-0.3, -0.25) is 9.59 Å². The largest absolute Gasteiger partial charge is 0.505 e. The van der Waals surface area contributed by atoms with E-state index in [2.05, 4.69) is 10.6 Å². The van der Waals surface area contributed by atoms with Gasteiger partial charge >= 0.3 is 12.0 Å². The second-order valence-corrected chi connectivity index (χ2v) is 8.40. The molecule has 1 heterocycles. The number of carboxylic acids is 1. The molecule has 0 fully saturated rings. The number of carbonyl (C=O) groups excluding carboxylic acids is 1. The zero-order chi connectivity index (χ0) is 24.0. The number of aromatic nitrogens is 1. The maximum absolute atomic E-state index is 12.9. The third-order valence-electron chi connectivity index (χ3n) is 5.03. The summed E-state index contributed by atoms with van der Waals surface area (Å²) in [5, 5.41) is 24.4. The number of aryl methyl sites for hydroxylation is 1. The molecule has 0 aliphatic carbocycles. The Hall–Kier alpha value is -3.72. The predicted octanol–water partition coefficient (Wildman–Crippen LogP) is 3.97. The number of aromatic hydroxyl groups is 1. The molecule has 0 aliphatic heterocycles. The minimum absolute atomic E-state index is 0.259. The van der Waals surface area contributed by atoms with E-state index < -0.39 is 23.6 Å². The summed E-state index contributed by atoms with van der Waals surface area (Å²) < 4.78 is 1.38. The lowest BCUT2D eigenvalue weighted by atomic mass is 10.0. The fourth-order valence-electron chi connectivity index (χ4n) is 3.31. The number of carboxylic acid groups (broad SMARTS) is 1. The second-order valence-electron chi connectivity index (χ2n) is 7.52. The highest BCUT2D eigenvalue weighted by Gasteiger charge is 2.20. The van der Waals surface area contributed by atoms with Crippen molar-refractivity contribution in [2.75, 3.05) is 11.6 Å². The molecule has 8 nitrogen and oxygen atoms in total. The van der Waals surface area contributed by atoms with E-state index in [9.17, 15) is 24.6 Å². The summed E-state index contributed by atoms with van der Waals surface area (Å²) in [5.41, 5.74) is 1.64. The Morgan fingerprint density at radius 3 is 2.52 bits per heavy atom. The molecule has 3 aromatic rings. The number of rotatable bonds is 8. The second kappa shape index (κ2) is 10.7. The van der Waals surface area contributed by atoms with Gasteiger partial charge in [0, 0.05) is 11.1 Å². The zero-order valence-electron chi connectivity index (χ0n) is 18.2. The topological polar surface area (TPSA) is 121 Å². The number of amides is 2. The molecule has 0 saturated carbocycles. The molecule has 1 aromatic heterocycles. The predicted molar refractivity (Wildman–Crippen MR) is 128 cm³/mol. The van der Waals surface area contributed by atoms with Crippen molar-refractivity contribution in [3.63, 3.8) is 0 Å². The molecule has 3 rings (SSSR count). The monoisotopic (exact) mass is 467 g/mol. The van der Waals surface area contributed by atoms with Gasteiger partial charge in [0.05, 0.1) is 19.0 Å². The average molecular weight is 468 g/mol. The van der Waals surface area contributed by atoms with Gasteiger partial charge in [0.2, 0.25) is 0 Å². The summed E-state index contributed by atoms with van der Waals surface area (Å²) >= 11 is 1.59. The summed E-state index contributed by atoms with van der Waals surface area (Å²) in [6.45, 7) is 2.16. The number of aliphatic carboxylic acids is 1.